The lowest BCUT2D eigenvalue weighted by molar-refractivity contribution is -0.250. The van der Waals surface area contributed by atoms with Gasteiger partial charge < -0.3 is 25.2 Å². The second-order valence-electron chi connectivity index (χ2n) is 9.97. The first kappa shape index (κ1) is 23.8. The summed E-state index contributed by atoms with van der Waals surface area (Å²) in [4.78, 5) is 18.6. The first-order chi connectivity index (χ1) is 15.7. The van der Waals surface area contributed by atoms with Crippen LogP contribution in [0.3, 0.4) is 0 Å². The van der Waals surface area contributed by atoms with E-state index in [1.807, 2.05) is 44.1 Å². The molecule has 2 bridgehead atoms. The van der Waals surface area contributed by atoms with Crippen LogP contribution >= 0.6 is 0 Å². The van der Waals surface area contributed by atoms with Crippen molar-refractivity contribution in [1.29, 1.82) is 0 Å². The molecule has 33 heavy (non-hydrogen) atoms. The van der Waals surface area contributed by atoms with E-state index >= 15 is 0 Å². The van der Waals surface area contributed by atoms with E-state index in [1.54, 1.807) is 24.5 Å². The number of aliphatic hydroxyl groups is 2. The molecule has 2 aromatic rings. The highest BCUT2D eigenvalue weighted by molar-refractivity contribution is 5.93. The summed E-state index contributed by atoms with van der Waals surface area (Å²) < 4.78 is 6.68. The Morgan fingerprint density at radius 1 is 1.21 bits per heavy atom. The summed E-state index contributed by atoms with van der Waals surface area (Å²) in [5.41, 5.74) is -0.0134. The van der Waals surface area contributed by atoms with E-state index in [0.29, 0.717) is 31.2 Å². The minimum atomic E-state index is -0.915. The van der Waals surface area contributed by atoms with Crippen LogP contribution in [0.2, 0.25) is 0 Å². The highest BCUT2D eigenvalue weighted by Gasteiger charge is 2.57. The molecule has 0 saturated carbocycles. The Balaban J connectivity index is 1.62. The molecule has 3 N–H and O–H groups in total. The lowest BCUT2D eigenvalue weighted by Gasteiger charge is -2.52. The van der Waals surface area contributed by atoms with Gasteiger partial charge in [0.2, 0.25) is 0 Å². The van der Waals surface area contributed by atoms with Crippen molar-refractivity contribution in [2.45, 2.75) is 68.0 Å². The number of rotatable bonds is 6. The van der Waals surface area contributed by atoms with Crippen LogP contribution in [0.5, 0.6) is 0 Å². The number of nitrogens with zero attached hydrogens (tertiary/aromatic N) is 2. The zero-order valence-electron chi connectivity index (χ0n) is 19.6. The minimum Gasteiger partial charge on any atom is -0.388 e. The lowest BCUT2D eigenvalue weighted by atomic mass is 9.72. The van der Waals surface area contributed by atoms with Crippen molar-refractivity contribution in [3.8, 4) is 0 Å². The molecule has 2 saturated heterocycles. The fraction of sp³-hybridized carbons (Fsp3) is 0.538. The Morgan fingerprint density at radius 2 is 1.91 bits per heavy atom. The monoisotopic (exact) mass is 453 g/mol. The zero-order valence-corrected chi connectivity index (χ0v) is 19.6. The number of carbonyl (C=O) groups is 1. The van der Waals surface area contributed by atoms with Crippen molar-refractivity contribution in [3.63, 3.8) is 0 Å². The predicted molar refractivity (Wildman–Crippen MR) is 126 cm³/mol. The van der Waals surface area contributed by atoms with Gasteiger partial charge in [-0.05, 0) is 70.3 Å². The first-order valence-corrected chi connectivity index (χ1v) is 11.7. The second kappa shape index (κ2) is 9.50. The van der Waals surface area contributed by atoms with Gasteiger partial charge in [-0.2, -0.15) is 0 Å². The number of aromatic nitrogens is 1. The molecule has 2 aliphatic rings. The van der Waals surface area contributed by atoms with Gasteiger partial charge in [0.25, 0.3) is 5.91 Å². The summed E-state index contributed by atoms with van der Waals surface area (Å²) in [6, 6.07) is 13.5. The topological polar surface area (TPSA) is 94.9 Å². The van der Waals surface area contributed by atoms with E-state index in [2.05, 4.69) is 22.4 Å². The number of benzene rings is 1. The molecule has 1 aromatic heterocycles. The quantitative estimate of drug-likeness (QED) is 0.622. The van der Waals surface area contributed by atoms with Crippen molar-refractivity contribution >= 4 is 5.91 Å². The highest BCUT2D eigenvalue weighted by Crippen LogP contribution is 2.51. The number of likely N-dealkylation sites (N-methyl/N-ethyl adjacent to an activating group) is 1. The largest absolute Gasteiger partial charge is 0.388 e. The predicted octanol–water partition coefficient (Wildman–Crippen LogP) is 2.35. The average molecular weight is 454 g/mol. The van der Waals surface area contributed by atoms with Gasteiger partial charge in [-0.1, -0.05) is 30.3 Å². The third-order valence-corrected chi connectivity index (χ3v) is 7.47. The fourth-order valence-corrected chi connectivity index (χ4v) is 5.67. The number of carbonyl (C=O) groups excluding carboxylic acids is 1. The number of hydrogen-bond donors (Lipinski definition) is 3. The lowest BCUT2D eigenvalue weighted by Crippen LogP contribution is -2.61. The molecule has 1 aromatic carbocycles. The minimum absolute atomic E-state index is 0.0709. The van der Waals surface area contributed by atoms with Crippen LogP contribution in [0.15, 0.2) is 54.9 Å². The maximum absolute atomic E-state index is 12.6. The molecule has 3 heterocycles. The number of aliphatic hydroxyl groups excluding tert-OH is 2. The Labute approximate surface area is 195 Å². The summed E-state index contributed by atoms with van der Waals surface area (Å²) in [5.74, 6) is -0.128. The molecule has 0 aliphatic carbocycles. The van der Waals surface area contributed by atoms with Crippen molar-refractivity contribution < 1.29 is 19.7 Å². The summed E-state index contributed by atoms with van der Waals surface area (Å²) in [6.45, 7) is 2.03. The number of hydrogen-bond acceptors (Lipinski definition) is 6. The van der Waals surface area contributed by atoms with Crippen LogP contribution in [0.25, 0.3) is 0 Å². The molecular formula is C26H35N3O4. The van der Waals surface area contributed by atoms with Crippen molar-refractivity contribution in [2.75, 3.05) is 20.6 Å². The maximum Gasteiger partial charge on any atom is 0.251 e. The third-order valence-electron chi connectivity index (χ3n) is 7.47. The van der Waals surface area contributed by atoms with Crippen LogP contribution in [0.1, 0.15) is 54.4 Å². The number of amides is 1. The molecule has 7 nitrogen and oxygen atoms in total. The zero-order chi connectivity index (χ0) is 23.6. The van der Waals surface area contributed by atoms with Gasteiger partial charge in [0.05, 0.1) is 17.3 Å². The molecule has 178 valence electrons. The normalized spacial score (nSPS) is 32.7. The van der Waals surface area contributed by atoms with E-state index in [4.69, 9.17) is 4.74 Å². The van der Waals surface area contributed by atoms with Gasteiger partial charge in [0, 0.05) is 30.5 Å². The number of nitrogens with one attached hydrogen (secondary N) is 1. The molecule has 0 unspecified atom stereocenters. The Kier molecular flexibility index (Phi) is 6.86. The molecular weight excluding hydrogens is 418 g/mol. The van der Waals surface area contributed by atoms with E-state index in [9.17, 15) is 15.0 Å². The van der Waals surface area contributed by atoms with Gasteiger partial charge in [0.1, 0.15) is 6.10 Å². The smallest absolute Gasteiger partial charge is 0.251 e. The van der Waals surface area contributed by atoms with Crippen LogP contribution in [0, 0.1) is 0 Å². The molecule has 2 fully saturated rings. The summed E-state index contributed by atoms with van der Waals surface area (Å²) in [5, 5.41) is 25.7. The molecule has 1 amide bonds. The SMILES string of the molecule is CN(C)[C@@H]1CC[C@@]2([C@@H](O)CNC(=O)c3ccncc3)C[C@H](c3ccccc3)C[C@](C)(O2)[C@H]1O. The number of pyridine rings is 1. The van der Waals surface area contributed by atoms with Crippen LogP contribution < -0.4 is 5.32 Å². The average Bonchev–Trinajstić information content (AvgIpc) is 2.90. The van der Waals surface area contributed by atoms with E-state index in [-0.39, 0.29) is 24.4 Å². The molecule has 0 radical (unpaired) electrons. The van der Waals surface area contributed by atoms with Crippen LogP contribution in [0.4, 0.5) is 0 Å². The number of ether oxygens (including phenoxy) is 1. The summed E-state index contributed by atoms with van der Waals surface area (Å²) in [7, 11) is 3.94. The molecule has 2 aliphatic heterocycles. The summed E-state index contributed by atoms with van der Waals surface area (Å²) >= 11 is 0. The van der Waals surface area contributed by atoms with Gasteiger partial charge in [-0.15, -0.1) is 0 Å². The van der Waals surface area contributed by atoms with Crippen LogP contribution in [-0.2, 0) is 4.74 Å². The van der Waals surface area contributed by atoms with Crippen molar-refractivity contribution in [1.82, 2.24) is 15.2 Å². The van der Waals surface area contributed by atoms with Gasteiger partial charge in [0.15, 0.2) is 0 Å². The number of fused-ring (bicyclic) bond motifs is 2. The first-order valence-electron chi connectivity index (χ1n) is 11.7. The van der Waals surface area contributed by atoms with Gasteiger partial charge in [-0.3, -0.25) is 9.78 Å². The van der Waals surface area contributed by atoms with E-state index in [0.717, 1.165) is 0 Å². The standard InChI is InChI=1S/C26H35N3O4/c1-25-15-20(18-7-5-4-6-8-18)16-26(33-25,12-9-21(23(25)31)29(2)3)22(30)17-28-24(32)19-10-13-27-14-11-19/h4-8,10-11,13-14,20-23,30-31H,9,12,15-17H2,1-3H3,(H,28,32)/t20-,21-,22+,23+,25+,26+/m1/s1. The van der Waals surface area contributed by atoms with Crippen molar-refractivity contribution in [3.05, 3.63) is 66.0 Å². The Bertz CT molecular complexity index is 941. The van der Waals surface area contributed by atoms with E-state index < -0.39 is 23.4 Å². The Morgan fingerprint density at radius 3 is 2.58 bits per heavy atom. The second-order valence-corrected chi connectivity index (χ2v) is 9.97. The van der Waals surface area contributed by atoms with E-state index in [1.165, 1.54) is 5.56 Å². The molecule has 6 atom stereocenters. The van der Waals surface area contributed by atoms with Gasteiger partial charge >= 0.3 is 0 Å². The Hall–Kier alpha value is -2.32. The molecule has 7 heteroatoms. The van der Waals surface area contributed by atoms with Crippen molar-refractivity contribution in [2.24, 2.45) is 0 Å². The maximum atomic E-state index is 12.6. The summed E-state index contributed by atoms with van der Waals surface area (Å²) in [6.07, 6.45) is 4.11. The third kappa shape index (κ3) is 4.82. The van der Waals surface area contributed by atoms with Crippen LogP contribution in [-0.4, -0.2) is 76.1 Å². The highest BCUT2D eigenvalue weighted by atomic mass is 16.6. The molecule has 0 spiro atoms. The van der Waals surface area contributed by atoms with Gasteiger partial charge in [-0.25, -0.2) is 0 Å². The molecule has 4 rings (SSSR count). The fourth-order valence-electron chi connectivity index (χ4n) is 5.67.